The molecule has 1 amide bonds. The van der Waals surface area contributed by atoms with Gasteiger partial charge in [0.15, 0.2) is 0 Å². The lowest BCUT2D eigenvalue weighted by atomic mass is 10.2. The minimum atomic E-state index is -0.321. The number of nitrogens with one attached hydrogen (secondary N) is 1. The van der Waals surface area contributed by atoms with Crippen LogP contribution in [0, 0.1) is 12.7 Å². The standard InChI is InChI=1S/C14H16FN3O/c1-10-7-8-18(17-10)11(2)9-14(19)16-13-5-3-12(15)4-6-13/h3-8,11H,9H2,1-2H3,(H,16,19)/t11-/m1/s1. The number of carbonyl (C=O) groups is 1. The van der Waals surface area contributed by atoms with E-state index in [1.165, 1.54) is 24.3 Å². The quantitative estimate of drug-likeness (QED) is 0.919. The molecule has 0 aliphatic carbocycles. The molecule has 5 heteroatoms. The Kier molecular flexibility index (Phi) is 3.94. The highest BCUT2D eigenvalue weighted by atomic mass is 19.1. The smallest absolute Gasteiger partial charge is 0.226 e. The number of halogens is 1. The molecule has 1 aromatic heterocycles. The third-order valence-electron chi connectivity index (χ3n) is 2.80. The maximum Gasteiger partial charge on any atom is 0.226 e. The number of aromatic nitrogens is 2. The molecule has 1 heterocycles. The Labute approximate surface area is 111 Å². The van der Waals surface area contributed by atoms with Crippen molar-refractivity contribution in [3.63, 3.8) is 0 Å². The highest BCUT2D eigenvalue weighted by Crippen LogP contribution is 2.13. The van der Waals surface area contributed by atoms with Crippen LogP contribution in [0.4, 0.5) is 10.1 Å². The molecule has 19 heavy (non-hydrogen) atoms. The van der Waals surface area contributed by atoms with Gasteiger partial charge >= 0.3 is 0 Å². The van der Waals surface area contributed by atoms with Gasteiger partial charge < -0.3 is 5.32 Å². The highest BCUT2D eigenvalue weighted by molar-refractivity contribution is 5.90. The topological polar surface area (TPSA) is 46.9 Å². The molecule has 100 valence electrons. The summed E-state index contributed by atoms with van der Waals surface area (Å²) in [4.78, 5) is 11.8. The van der Waals surface area contributed by atoms with E-state index in [1.807, 2.05) is 26.1 Å². The summed E-state index contributed by atoms with van der Waals surface area (Å²) in [6, 6.07) is 7.58. The molecule has 1 aromatic carbocycles. The van der Waals surface area contributed by atoms with Crippen molar-refractivity contribution in [3.05, 3.63) is 48.0 Å². The molecular weight excluding hydrogens is 245 g/mol. The van der Waals surface area contributed by atoms with Crippen molar-refractivity contribution >= 4 is 11.6 Å². The predicted octanol–water partition coefficient (Wildman–Crippen LogP) is 2.92. The molecular formula is C14H16FN3O. The van der Waals surface area contributed by atoms with Crippen LogP contribution in [-0.2, 0) is 4.79 Å². The Morgan fingerprint density at radius 1 is 1.37 bits per heavy atom. The van der Waals surface area contributed by atoms with Crippen LogP contribution in [0.1, 0.15) is 25.1 Å². The Hall–Kier alpha value is -2.17. The zero-order valence-corrected chi connectivity index (χ0v) is 10.9. The number of amides is 1. The molecule has 0 aliphatic heterocycles. The fraction of sp³-hybridized carbons (Fsp3) is 0.286. The molecule has 0 fully saturated rings. The van der Waals surface area contributed by atoms with Gasteiger partial charge in [-0.05, 0) is 44.2 Å². The fourth-order valence-corrected chi connectivity index (χ4v) is 1.79. The molecule has 0 spiro atoms. The molecule has 0 bridgehead atoms. The third-order valence-corrected chi connectivity index (χ3v) is 2.80. The molecule has 1 N–H and O–H groups in total. The normalized spacial score (nSPS) is 12.2. The van der Waals surface area contributed by atoms with Gasteiger partial charge in [-0.2, -0.15) is 5.10 Å². The van der Waals surface area contributed by atoms with Gasteiger partial charge in [0, 0.05) is 18.3 Å². The van der Waals surface area contributed by atoms with E-state index in [4.69, 9.17) is 0 Å². The first kappa shape index (κ1) is 13.3. The van der Waals surface area contributed by atoms with Gasteiger partial charge in [-0.3, -0.25) is 9.48 Å². The van der Waals surface area contributed by atoms with Gasteiger partial charge in [0.25, 0.3) is 0 Å². The number of anilines is 1. The first-order valence-electron chi connectivity index (χ1n) is 6.12. The first-order chi connectivity index (χ1) is 9.04. The molecule has 2 rings (SSSR count). The third kappa shape index (κ3) is 3.64. The van der Waals surface area contributed by atoms with Crippen molar-refractivity contribution < 1.29 is 9.18 Å². The molecule has 1 atom stereocenters. The summed E-state index contributed by atoms with van der Waals surface area (Å²) in [6.45, 7) is 3.83. The van der Waals surface area contributed by atoms with Gasteiger partial charge in [0.2, 0.25) is 5.91 Å². The lowest BCUT2D eigenvalue weighted by Crippen LogP contribution is -2.18. The summed E-state index contributed by atoms with van der Waals surface area (Å²) in [5.74, 6) is -0.439. The number of carbonyl (C=O) groups excluding carboxylic acids is 1. The Morgan fingerprint density at radius 3 is 2.63 bits per heavy atom. The van der Waals surface area contributed by atoms with Crippen molar-refractivity contribution in [2.45, 2.75) is 26.3 Å². The average Bonchev–Trinajstić information content (AvgIpc) is 2.79. The SMILES string of the molecule is Cc1ccn([C@H](C)CC(=O)Nc2ccc(F)cc2)n1. The van der Waals surface area contributed by atoms with Crippen molar-refractivity contribution in [2.75, 3.05) is 5.32 Å². The van der Waals surface area contributed by atoms with Gasteiger partial charge in [0.1, 0.15) is 5.82 Å². The van der Waals surface area contributed by atoms with E-state index in [1.54, 1.807) is 4.68 Å². The molecule has 0 unspecified atom stereocenters. The second kappa shape index (κ2) is 5.65. The van der Waals surface area contributed by atoms with Gasteiger partial charge in [0.05, 0.1) is 11.7 Å². The van der Waals surface area contributed by atoms with E-state index in [0.717, 1.165) is 5.69 Å². The van der Waals surface area contributed by atoms with Crippen molar-refractivity contribution in [1.29, 1.82) is 0 Å². The number of nitrogens with zero attached hydrogens (tertiary/aromatic N) is 2. The first-order valence-corrected chi connectivity index (χ1v) is 6.12. The van der Waals surface area contributed by atoms with Crippen LogP contribution in [0.3, 0.4) is 0 Å². The summed E-state index contributed by atoms with van der Waals surface area (Å²) in [5.41, 5.74) is 1.51. The van der Waals surface area contributed by atoms with Crippen LogP contribution < -0.4 is 5.32 Å². The van der Waals surface area contributed by atoms with Crippen molar-refractivity contribution in [3.8, 4) is 0 Å². The lowest BCUT2D eigenvalue weighted by Gasteiger charge is -2.12. The van der Waals surface area contributed by atoms with Crippen molar-refractivity contribution in [1.82, 2.24) is 9.78 Å². The molecule has 0 saturated heterocycles. The monoisotopic (exact) mass is 261 g/mol. The second-order valence-electron chi connectivity index (χ2n) is 4.55. The van der Waals surface area contributed by atoms with E-state index in [0.29, 0.717) is 12.1 Å². The largest absolute Gasteiger partial charge is 0.326 e. The Bertz CT molecular complexity index is 562. The van der Waals surface area contributed by atoms with Gasteiger partial charge in [-0.25, -0.2) is 4.39 Å². The summed E-state index contributed by atoms with van der Waals surface area (Å²) in [6.07, 6.45) is 2.17. The minimum absolute atomic E-state index is 0.0193. The van der Waals surface area contributed by atoms with E-state index < -0.39 is 0 Å². The maximum absolute atomic E-state index is 12.7. The number of hydrogen-bond donors (Lipinski definition) is 1. The highest BCUT2D eigenvalue weighted by Gasteiger charge is 2.11. The molecule has 0 aliphatic rings. The molecule has 0 saturated carbocycles. The zero-order chi connectivity index (χ0) is 13.8. The van der Waals surface area contributed by atoms with Crippen LogP contribution >= 0.6 is 0 Å². The number of benzene rings is 1. The number of hydrogen-bond acceptors (Lipinski definition) is 2. The average molecular weight is 261 g/mol. The minimum Gasteiger partial charge on any atom is -0.326 e. The number of rotatable bonds is 4. The summed E-state index contributed by atoms with van der Waals surface area (Å²) in [7, 11) is 0. The van der Waals surface area contributed by atoms with E-state index in [2.05, 4.69) is 10.4 Å². The Morgan fingerprint density at radius 2 is 2.05 bits per heavy atom. The van der Waals surface area contributed by atoms with Crippen LogP contribution in [0.5, 0.6) is 0 Å². The molecule has 0 radical (unpaired) electrons. The summed E-state index contributed by atoms with van der Waals surface area (Å²) in [5, 5.41) is 7.00. The summed E-state index contributed by atoms with van der Waals surface area (Å²) >= 11 is 0. The van der Waals surface area contributed by atoms with Crippen LogP contribution in [0.2, 0.25) is 0 Å². The van der Waals surface area contributed by atoms with Crippen LogP contribution in [0.15, 0.2) is 36.5 Å². The van der Waals surface area contributed by atoms with E-state index >= 15 is 0 Å². The predicted molar refractivity (Wildman–Crippen MR) is 71.3 cm³/mol. The zero-order valence-electron chi connectivity index (χ0n) is 10.9. The van der Waals surface area contributed by atoms with E-state index in [-0.39, 0.29) is 17.8 Å². The van der Waals surface area contributed by atoms with Gasteiger partial charge in [-0.15, -0.1) is 0 Å². The number of aryl methyl sites for hydroxylation is 1. The van der Waals surface area contributed by atoms with E-state index in [9.17, 15) is 9.18 Å². The van der Waals surface area contributed by atoms with Gasteiger partial charge in [-0.1, -0.05) is 0 Å². The summed E-state index contributed by atoms with van der Waals surface area (Å²) < 4.78 is 14.5. The lowest BCUT2D eigenvalue weighted by molar-refractivity contribution is -0.116. The maximum atomic E-state index is 12.7. The van der Waals surface area contributed by atoms with Crippen molar-refractivity contribution in [2.24, 2.45) is 0 Å². The van der Waals surface area contributed by atoms with Crippen LogP contribution in [-0.4, -0.2) is 15.7 Å². The fourth-order valence-electron chi connectivity index (χ4n) is 1.79. The second-order valence-corrected chi connectivity index (χ2v) is 4.55. The molecule has 2 aromatic rings. The molecule has 4 nitrogen and oxygen atoms in total. The van der Waals surface area contributed by atoms with Crippen LogP contribution in [0.25, 0.3) is 0 Å². The Balaban J connectivity index is 1.92.